The molecule has 0 aromatic heterocycles. The third-order valence-electron chi connectivity index (χ3n) is 6.64. The Kier molecular flexibility index (Phi) is 11.9. The van der Waals surface area contributed by atoms with Crippen molar-refractivity contribution >= 4 is 45.7 Å². The minimum Gasteiger partial charge on any atom is -0.490 e. The van der Waals surface area contributed by atoms with E-state index in [-0.39, 0.29) is 18.8 Å². The molecule has 4 N–H and O–H groups in total. The number of carbonyl (C=O) groups is 2. The van der Waals surface area contributed by atoms with Crippen LogP contribution in [0.25, 0.3) is 0 Å². The SMILES string of the molecule is CCOc1cc([C@H]2NC(=O)NC(C)=C2C(=O)OC)ccc1OC[C@@H](O)N/N=C\c1cc(Cl)c(OCc2ccccc2C#N)c(Br)c1. The molecule has 3 aromatic rings. The van der Waals surface area contributed by atoms with E-state index < -0.39 is 24.3 Å². The third kappa shape index (κ3) is 8.48. The first-order chi connectivity index (χ1) is 22.1. The molecule has 3 aromatic carbocycles. The van der Waals surface area contributed by atoms with Crippen LogP contribution in [0.2, 0.25) is 5.02 Å². The number of allylic oxidation sites excluding steroid dienone is 1. The van der Waals surface area contributed by atoms with Gasteiger partial charge in [0.05, 0.1) is 52.7 Å². The van der Waals surface area contributed by atoms with Crippen molar-refractivity contribution in [2.75, 3.05) is 20.3 Å². The van der Waals surface area contributed by atoms with Crippen LogP contribution in [0.3, 0.4) is 0 Å². The minimum absolute atomic E-state index is 0.164. The molecule has 46 heavy (non-hydrogen) atoms. The Bertz CT molecular complexity index is 1690. The minimum atomic E-state index is -1.19. The van der Waals surface area contributed by atoms with Gasteiger partial charge in [-0.25, -0.2) is 9.59 Å². The summed E-state index contributed by atoms with van der Waals surface area (Å²) in [6.07, 6.45) is 0.281. The number of amides is 2. The monoisotopic (exact) mass is 711 g/mol. The maximum Gasteiger partial charge on any atom is 0.337 e. The number of ether oxygens (including phenoxy) is 4. The number of aliphatic hydroxyl groups excluding tert-OH is 1. The summed E-state index contributed by atoms with van der Waals surface area (Å²) < 4.78 is 22.9. The van der Waals surface area contributed by atoms with Crippen LogP contribution in [0, 0.1) is 11.3 Å². The molecule has 0 spiro atoms. The van der Waals surface area contributed by atoms with Crippen LogP contribution in [-0.4, -0.2) is 49.9 Å². The van der Waals surface area contributed by atoms with Crippen molar-refractivity contribution in [3.05, 3.63) is 97.6 Å². The standard InChI is InChI=1S/C32H31BrClN5O7/c1-4-44-26-13-20(29-28(31(41)43-3)18(2)37-32(42)38-29)9-10-25(26)45-17-27(40)39-36-15-19-11-23(33)30(24(34)12-19)46-16-22-8-6-5-7-21(22)14-35/h5-13,15,27,29,39-40H,4,16-17H2,1-3H3,(H2,37,38,42)/b36-15-/t27-,29-/m1/s1. The highest BCUT2D eigenvalue weighted by Crippen LogP contribution is 2.36. The summed E-state index contributed by atoms with van der Waals surface area (Å²) in [5.41, 5.74) is 5.68. The van der Waals surface area contributed by atoms with Crippen LogP contribution in [0.5, 0.6) is 17.2 Å². The van der Waals surface area contributed by atoms with Gasteiger partial charge in [0, 0.05) is 11.3 Å². The lowest BCUT2D eigenvalue weighted by Gasteiger charge is -2.28. The number of hydrazone groups is 1. The van der Waals surface area contributed by atoms with Crippen molar-refractivity contribution in [2.24, 2.45) is 5.10 Å². The molecule has 14 heteroatoms. The van der Waals surface area contributed by atoms with Gasteiger partial charge in [0.25, 0.3) is 0 Å². The van der Waals surface area contributed by atoms with Crippen LogP contribution >= 0.6 is 27.5 Å². The molecule has 0 aliphatic carbocycles. The molecule has 12 nitrogen and oxygen atoms in total. The molecule has 0 saturated heterocycles. The average molecular weight is 713 g/mol. The molecule has 2 amide bonds. The van der Waals surface area contributed by atoms with Crippen LogP contribution < -0.4 is 30.3 Å². The van der Waals surface area contributed by atoms with E-state index in [1.807, 2.05) is 12.1 Å². The summed E-state index contributed by atoms with van der Waals surface area (Å²) in [5.74, 6) is 0.516. The molecule has 4 rings (SSSR count). The van der Waals surface area contributed by atoms with Gasteiger partial charge in [-0.1, -0.05) is 35.9 Å². The van der Waals surface area contributed by atoms with Crippen molar-refractivity contribution in [1.82, 2.24) is 16.1 Å². The summed E-state index contributed by atoms with van der Waals surface area (Å²) in [6, 6.07) is 16.4. The fraction of sp³-hybridized carbons (Fsp3) is 0.250. The second kappa shape index (κ2) is 16.0. The Morgan fingerprint density at radius 1 is 1.20 bits per heavy atom. The number of hydrogen-bond acceptors (Lipinski definition) is 10. The first kappa shape index (κ1) is 34.1. The predicted octanol–water partition coefficient (Wildman–Crippen LogP) is 5.07. The van der Waals surface area contributed by atoms with Gasteiger partial charge >= 0.3 is 12.0 Å². The molecule has 1 aliphatic rings. The van der Waals surface area contributed by atoms with E-state index in [0.717, 1.165) is 5.56 Å². The lowest BCUT2D eigenvalue weighted by atomic mass is 9.95. The van der Waals surface area contributed by atoms with E-state index in [4.69, 9.17) is 30.5 Å². The molecule has 0 bridgehead atoms. The van der Waals surface area contributed by atoms with E-state index in [0.29, 0.717) is 55.7 Å². The van der Waals surface area contributed by atoms with Gasteiger partial charge in [-0.3, -0.25) is 5.43 Å². The Labute approximate surface area is 279 Å². The first-order valence-electron chi connectivity index (χ1n) is 14.0. The van der Waals surface area contributed by atoms with E-state index in [2.05, 4.69) is 43.2 Å². The number of halogens is 2. The van der Waals surface area contributed by atoms with Gasteiger partial charge in [-0.05, 0) is 71.2 Å². The topological polar surface area (TPSA) is 164 Å². The second-order valence-electron chi connectivity index (χ2n) is 9.79. The van der Waals surface area contributed by atoms with Crippen LogP contribution in [0.4, 0.5) is 4.79 Å². The van der Waals surface area contributed by atoms with Gasteiger partial charge in [-0.2, -0.15) is 10.4 Å². The maximum absolute atomic E-state index is 12.4. The molecule has 1 aliphatic heterocycles. The van der Waals surface area contributed by atoms with Crippen molar-refractivity contribution in [3.8, 4) is 23.3 Å². The highest BCUT2D eigenvalue weighted by Gasteiger charge is 2.32. The van der Waals surface area contributed by atoms with E-state index in [9.17, 15) is 20.0 Å². The average Bonchev–Trinajstić information content (AvgIpc) is 3.03. The Balaban J connectivity index is 1.37. The van der Waals surface area contributed by atoms with E-state index in [1.165, 1.54) is 13.3 Å². The highest BCUT2D eigenvalue weighted by molar-refractivity contribution is 9.10. The lowest BCUT2D eigenvalue weighted by molar-refractivity contribution is -0.136. The molecule has 240 valence electrons. The molecule has 0 unspecified atom stereocenters. The first-order valence-corrected chi connectivity index (χ1v) is 15.1. The summed E-state index contributed by atoms with van der Waals surface area (Å²) in [5, 5.41) is 29.4. The number of nitrogens with zero attached hydrogens (tertiary/aromatic N) is 2. The van der Waals surface area contributed by atoms with Crippen LogP contribution in [-0.2, 0) is 16.1 Å². The van der Waals surface area contributed by atoms with Crippen LogP contribution in [0.1, 0.15) is 42.1 Å². The van der Waals surface area contributed by atoms with Gasteiger partial charge in [0.15, 0.2) is 23.5 Å². The predicted molar refractivity (Wildman–Crippen MR) is 174 cm³/mol. The molecular formula is C32H31BrClN5O7. The summed E-state index contributed by atoms with van der Waals surface area (Å²) in [7, 11) is 1.27. The quantitative estimate of drug-likeness (QED) is 0.0820. The van der Waals surface area contributed by atoms with Gasteiger partial charge in [0.1, 0.15) is 13.2 Å². The number of benzene rings is 3. The number of rotatable bonds is 13. The molecular weight excluding hydrogens is 682 g/mol. The molecule has 2 atom stereocenters. The number of hydrogen-bond donors (Lipinski definition) is 4. The largest absolute Gasteiger partial charge is 0.490 e. The number of urea groups is 1. The summed E-state index contributed by atoms with van der Waals surface area (Å²) in [6.45, 7) is 3.71. The Morgan fingerprint density at radius 3 is 2.70 bits per heavy atom. The normalized spacial score (nSPS) is 15.0. The molecule has 0 fully saturated rings. The molecule has 1 heterocycles. The fourth-order valence-corrected chi connectivity index (χ4v) is 5.51. The van der Waals surface area contributed by atoms with Crippen LogP contribution in [0.15, 0.2) is 75.4 Å². The highest BCUT2D eigenvalue weighted by atomic mass is 79.9. The van der Waals surface area contributed by atoms with Gasteiger partial charge in [0.2, 0.25) is 0 Å². The van der Waals surface area contributed by atoms with E-state index >= 15 is 0 Å². The third-order valence-corrected chi connectivity index (χ3v) is 7.51. The Morgan fingerprint density at radius 2 is 1.98 bits per heavy atom. The Hall–Kier alpha value is -4.77. The molecule has 0 radical (unpaired) electrons. The second-order valence-corrected chi connectivity index (χ2v) is 11.0. The summed E-state index contributed by atoms with van der Waals surface area (Å²) in [4.78, 5) is 24.6. The zero-order valence-electron chi connectivity index (χ0n) is 25.1. The van der Waals surface area contributed by atoms with Gasteiger partial charge < -0.3 is 34.7 Å². The number of methoxy groups -OCH3 is 1. The number of nitriles is 1. The van der Waals surface area contributed by atoms with Crippen molar-refractivity contribution < 1.29 is 33.6 Å². The zero-order valence-corrected chi connectivity index (χ0v) is 27.4. The smallest absolute Gasteiger partial charge is 0.337 e. The zero-order chi connectivity index (χ0) is 33.2. The fourth-order valence-electron chi connectivity index (χ4n) is 4.52. The molecule has 0 saturated carbocycles. The number of nitrogens with one attached hydrogen (secondary N) is 3. The summed E-state index contributed by atoms with van der Waals surface area (Å²) >= 11 is 9.91. The number of esters is 1. The maximum atomic E-state index is 12.4. The van der Waals surface area contributed by atoms with Crippen molar-refractivity contribution in [1.29, 1.82) is 5.26 Å². The van der Waals surface area contributed by atoms with Crippen molar-refractivity contribution in [3.63, 3.8) is 0 Å². The lowest BCUT2D eigenvalue weighted by Crippen LogP contribution is -2.45. The number of aliphatic hydroxyl groups is 1. The number of carbonyl (C=O) groups excluding carboxylic acids is 2. The van der Waals surface area contributed by atoms with Gasteiger partial charge in [-0.15, -0.1) is 0 Å². The van der Waals surface area contributed by atoms with Crippen molar-refractivity contribution in [2.45, 2.75) is 32.7 Å². The van der Waals surface area contributed by atoms with E-state index in [1.54, 1.807) is 56.3 Å².